The lowest BCUT2D eigenvalue weighted by atomic mass is 9.77. The topological polar surface area (TPSA) is 94.7 Å². The van der Waals surface area contributed by atoms with E-state index in [4.69, 9.17) is 21.4 Å². The molecule has 4 aromatic rings. The van der Waals surface area contributed by atoms with Gasteiger partial charge in [0.15, 0.2) is 5.75 Å². The van der Waals surface area contributed by atoms with E-state index in [2.05, 4.69) is 9.97 Å². The van der Waals surface area contributed by atoms with E-state index < -0.39 is 0 Å². The largest absolute Gasteiger partial charge is 0.406 e. The maximum atomic E-state index is 13.6. The molecule has 0 unspecified atom stereocenters. The minimum atomic E-state index is -0.193. The molecule has 0 radical (unpaired) electrons. The number of halogens is 1. The summed E-state index contributed by atoms with van der Waals surface area (Å²) in [5, 5.41) is 2.44. The first-order valence-corrected chi connectivity index (χ1v) is 13.9. The quantitative estimate of drug-likeness (QED) is 0.365. The molecule has 10 heteroatoms. The minimum Gasteiger partial charge on any atom is -0.406 e. The molecule has 0 aliphatic carbocycles. The van der Waals surface area contributed by atoms with Gasteiger partial charge in [-0.25, -0.2) is 4.98 Å². The van der Waals surface area contributed by atoms with Gasteiger partial charge in [0.1, 0.15) is 11.3 Å². The lowest BCUT2D eigenvalue weighted by Crippen LogP contribution is -2.44. The van der Waals surface area contributed by atoms with Crippen LogP contribution in [-0.4, -0.2) is 74.9 Å². The van der Waals surface area contributed by atoms with E-state index in [1.807, 2.05) is 40.3 Å². The summed E-state index contributed by atoms with van der Waals surface area (Å²) in [5.74, 6) is 1.20. The summed E-state index contributed by atoms with van der Waals surface area (Å²) in [5.41, 5.74) is 2.57. The third-order valence-electron chi connectivity index (χ3n) is 8.03. The van der Waals surface area contributed by atoms with Crippen molar-refractivity contribution in [1.82, 2.24) is 29.8 Å². The monoisotopic (exact) mass is 558 g/mol. The van der Waals surface area contributed by atoms with E-state index in [1.54, 1.807) is 48.6 Å². The Bertz CT molecular complexity index is 1530. The molecular formula is C30H31ClN6O3. The highest BCUT2D eigenvalue weighted by Gasteiger charge is 2.42. The average Bonchev–Trinajstić information content (AvgIpc) is 3.56. The first-order chi connectivity index (χ1) is 19.4. The summed E-state index contributed by atoms with van der Waals surface area (Å²) in [6.45, 7) is 3.39. The van der Waals surface area contributed by atoms with Crippen LogP contribution in [-0.2, 0) is 6.54 Å². The molecule has 40 heavy (non-hydrogen) atoms. The number of H-pyrrole nitrogens is 1. The number of amides is 2. The zero-order valence-corrected chi connectivity index (χ0v) is 23.1. The molecule has 2 fully saturated rings. The van der Waals surface area contributed by atoms with Crippen molar-refractivity contribution in [1.29, 1.82) is 0 Å². The fourth-order valence-corrected chi connectivity index (χ4v) is 5.97. The second-order valence-corrected chi connectivity index (χ2v) is 11.1. The number of hydrogen-bond acceptors (Lipinski definition) is 6. The fraction of sp³-hybridized carbons (Fsp3) is 0.333. The fourth-order valence-electron chi connectivity index (χ4n) is 5.75. The van der Waals surface area contributed by atoms with Crippen LogP contribution in [0.2, 0.25) is 5.02 Å². The predicted molar refractivity (Wildman–Crippen MR) is 152 cm³/mol. The first kappa shape index (κ1) is 26.3. The minimum absolute atomic E-state index is 0.0121. The van der Waals surface area contributed by atoms with Gasteiger partial charge in [-0.05, 0) is 48.9 Å². The van der Waals surface area contributed by atoms with Gasteiger partial charge in [-0.3, -0.25) is 14.6 Å². The molecule has 2 aromatic carbocycles. The Morgan fingerprint density at radius 3 is 2.50 bits per heavy atom. The van der Waals surface area contributed by atoms with Crippen LogP contribution in [0.4, 0.5) is 0 Å². The van der Waals surface area contributed by atoms with Gasteiger partial charge in [-0.1, -0.05) is 29.8 Å². The average molecular weight is 559 g/mol. The molecule has 9 nitrogen and oxygen atoms in total. The van der Waals surface area contributed by atoms with Crippen LogP contribution in [0.3, 0.4) is 0 Å². The molecule has 2 aliphatic rings. The Morgan fingerprint density at radius 2 is 1.73 bits per heavy atom. The smallest absolute Gasteiger partial charge is 0.256 e. The van der Waals surface area contributed by atoms with E-state index in [1.165, 1.54) is 0 Å². The number of hydrogen-bond donors (Lipinski definition) is 1. The van der Waals surface area contributed by atoms with Gasteiger partial charge in [0.05, 0.1) is 28.2 Å². The lowest BCUT2D eigenvalue weighted by Gasteiger charge is -2.39. The number of pyridine rings is 1. The number of aromatic nitrogens is 3. The third-order valence-corrected chi connectivity index (χ3v) is 8.36. The molecule has 206 valence electrons. The summed E-state index contributed by atoms with van der Waals surface area (Å²) < 4.78 is 0. The van der Waals surface area contributed by atoms with Crippen LogP contribution < -0.4 is 4.84 Å². The van der Waals surface area contributed by atoms with Crippen molar-refractivity contribution in [3.8, 4) is 5.75 Å². The number of carbonyl (C=O) groups excluding carboxylic acids is 2. The van der Waals surface area contributed by atoms with Gasteiger partial charge in [-0.15, -0.1) is 5.06 Å². The molecule has 0 atom stereocenters. The number of carbonyl (C=O) groups is 2. The van der Waals surface area contributed by atoms with Gasteiger partial charge in [0.2, 0.25) is 0 Å². The standard InChI is InChI=1S/C30H31ClN6O3/c1-35(28(38)22-5-2-3-7-24(22)31)19-26-33-25-8-4-6-23(27(25)34-26)29(39)36-16-11-30(12-17-36)13-18-37(20-30)40-21-9-14-32-15-10-21/h2-10,14-15H,11-13,16-20H2,1H3,(H,33,34). The number of benzene rings is 2. The van der Waals surface area contributed by atoms with Crippen LogP contribution in [0.25, 0.3) is 11.0 Å². The number of nitrogens with one attached hydrogen (secondary N) is 1. The van der Waals surface area contributed by atoms with E-state index in [0.29, 0.717) is 40.6 Å². The van der Waals surface area contributed by atoms with Crippen LogP contribution >= 0.6 is 11.6 Å². The molecule has 0 bridgehead atoms. The highest BCUT2D eigenvalue weighted by atomic mass is 35.5. The number of hydroxylamine groups is 2. The molecular weight excluding hydrogens is 528 g/mol. The summed E-state index contributed by atoms with van der Waals surface area (Å²) in [6, 6.07) is 16.3. The second kappa shape index (κ2) is 10.9. The number of rotatable bonds is 6. The maximum absolute atomic E-state index is 13.6. The van der Waals surface area contributed by atoms with Gasteiger partial charge in [0, 0.05) is 57.8 Å². The van der Waals surface area contributed by atoms with Gasteiger partial charge >= 0.3 is 0 Å². The van der Waals surface area contributed by atoms with Crippen LogP contribution in [0.1, 0.15) is 45.8 Å². The molecule has 2 aliphatic heterocycles. The van der Waals surface area contributed by atoms with Crippen molar-refractivity contribution in [2.24, 2.45) is 5.41 Å². The Hall–Kier alpha value is -3.95. The van der Waals surface area contributed by atoms with Crippen molar-refractivity contribution in [2.45, 2.75) is 25.8 Å². The lowest BCUT2D eigenvalue weighted by molar-refractivity contribution is -0.0499. The van der Waals surface area contributed by atoms with Crippen molar-refractivity contribution in [3.63, 3.8) is 0 Å². The highest BCUT2D eigenvalue weighted by molar-refractivity contribution is 6.33. The molecule has 6 rings (SSSR count). The Morgan fingerprint density at radius 1 is 1.00 bits per heavy atom. The molecule has 2 amide bonds. The normalized spacial score (nSPS) is 16.9. The number of fused-ring (bicyclic) bond motifs is 1. The highest BCUT2D eigenvalue weighted by Crippen LogP contribution is 2.41. The number of para-hydroxylation sites is 1. The van der Waals surface area contributed by atoms with Crippen molar-refractivity contribution >= 4 is 34.4 Å². The van der Waals surface area contributed by atoms with E-state index in [-0.39, 0.29) is 23.8 Å². The van der Waals surface area contributed by atoms with E-state index in [0.717, 1.165) is 43.6 Å². The van der Waals surface area contributed by atoms with Gasteiger partial charge in [-0.2, -0.15) is 0 Å². The molecule has 2 saturated heterocycles. The number of imidazole rings is 1. The molecule has 4 heterocycles. The summed E-state index contributed by atoms with van der Waals surface area (Å²) >= 11 is 6.22. The van der Waals surface area contributed by atoms with Crippen LogP contribution in [0, 0.1) is 5.41 Å². The summed E-state index contributed by atoms with van der Waals surface area (Å²) in [7, 11) is 1.71. The van der Waals surface area contributed by atoms with E-state index in [9.17, 15) is 9.59 Å². The second-order valence-electron chi connectivity index (χ2n) is 10.7. The molecule has 1 N–H and O–H groups in total. The summed E-state index contributed by atoms with van der Waals surface area (Å²) in [6.07, 6.45) is 6.38. The molecule has 0 saturated carbocycles. The van der Waals surface area contributed by atoms with Crippen molar-refractivity contribution < 1.29 is 14.4 Å². The van der Waals surface area contributed by atoms with Gasteiger partial charge in [0.25, 0.3) is 11.8 Å². The molecule has 2 aromatic heterocycles. The SMILES string of the molecule is CN(Cc1nc2c(C(=O)N3CCC4(CCN(Oc5ccncc5)C4)CC3)cccc2[nH]1)C(=O)c1ccccc1Cl. The Kier molecular flexibility index (Phi) is 7.16. The number of piperidine rings is 1. The van der Waals surface area contributed by atoms with Crippen LogP contribution in [0.5, 0.6) is 5.75 Å². The van der Waals surface area contributed by atoms with Gasteiger partial charge < -0.3 is 19.6 Å². The first-order valence-electron chi connectivity index (χ1n) is 13.5. The van der Waals surface area contributed by atoms with Crippen molar-refractivity contribution in [2.75, 3.05) is 33.2 Å². The Balaban J connectivity index is 1.11. The predicted octanol–water partition coefficient (Wildman–Crippen LogP) is 4.81. The molecule has 1 spiro atoms. The maximum Gasteiger partial charge on any atom is 0.256 e. The third kappa shape index (κ3) is 5.26. The Labute approximate surface area is 237 Å². The number of nitrogens with zero attached hydrogens (tertiary/aromatic N) is 5. The van der Waals surface area contributed by atoms with Crippen molar-refractivity contribution in [3.05, 3.63) is 89.0 Å². The zero-order valence-electron chi connectivity index (χ0n) is 22.3. The summed E-state index contributed by atoms with van der Waals surface area (Å²) in [4.78, 5) is 48.1. The number of aromatic amines is 1. The van der Waals surface area contributed by atoms with E-state index >= 15 is 0 Å². The number of likely N-dealkylation sites (tertiary alicyclic amines) is 1. The van der Waals surface area contributed by atoms with Crippen LogP contribution in [0.15, 0.2) is 67.0 Å². The zero-order chi connectivity index (χ0) is 27.7.